The number of ether oxygens (including phenoxy) is 3. The van der Waals surface area contributed by atoms with Gasteiger partial charge in [-0.3, -0.25) is 0 Å². The highest BCUT2D eigenvalue weighted by Crippen LogP contribution is 2.36. The van der Waals surface area contributed by atoms with Crippen molar-refractivity contribution in [2.45, 2.75) is 26.0 Å². The van der Waals surface area contributed by atoms with Gasteiger partial charge in [0.05, 0.1) is 20.8 Å². The first-order chi connectivity index (χ1) is 13.6. The molecule has 0 unspecified atom stereocenters. The van der Waals surface area contributed by atoms with E-state index in [4.69, 9.17) is 14.2 Å². The van der Waals surface area contributed by atoms with E-state index in [-0.39, 0.29) is 13.2 Å². The zero-order valence-corrected chi connectivity index (χ0v) is 16.2. The number of hydrogen-bond acceptors (Lipinski definition) is 7. The Kier molecular flexibility index (Phi) is 6.44. The first-order valence-electron chi connectivity index (χ1n) is 8.93. The van der Waals surface area contributed by atoms with Crippen LogP contribution in [-0.4, -0.2) is 52.2 Å². The summed E-state index contributed by atoms with van der Waals surface area (Å²) in [4.78, 5) is 1.38. The van der Waals surface area contributed by atoms with Gasteiger partial charge in [-0.15, -0.1) is 10.2 Å². The SMILES string of the molecule is COc1cccc(OC)c1OC[C@H](O)Cn1nnc(Cc2ccccc2C)n1. The Morgan fingerprint density at radius 1 is 1.04 bits per heavy atom. The molecule has 28 heavy (non-hydrogen) atoms. The zero-order valence-electron chi connectivity index (χ0n) is 16.2. The molecule has 1 N–H and O–H groups in total. The molecule has 1 atom stereocenters. The monoisotopic (exact) mass is 384 g/mol. The van der Waals surface area contributed by atoms with E-state index in [0.29, 0.717) is 29.5 Å². The van der Waals surface area contributed by atoms with E-state index in [1.807, 2.05) is 31.2 Å². The van der Waals surface area contributed by atoms with E-state index in [2.05, 4.69) is 15.4 Å². The molecule has 0 fully saturated rings. The van der Waals surface area contributed by atoms with E-state index in [1.54, 1.807) is 32.4 Å². The molecule has 8 nitrogen and oxygen atoms in total. The van der Waals surface area contributed by atoms with Gasteiger partial charge in [-0.1, -0.05) is 30.3 Å². The van der Waals surface area contributed by atoms with Crippen molar-refractivity contribution in [3.8, 4) is 17.2 Å². The van der Waals surface area contributed by atoms with Crippen molar-refractivity contribution < 1.29 is 19.3 Å². The molecule has 2 aromatic carbocycles. The van der Waals surface area contributed by atoms with Gasteiger partial charge in [0, 0.05) is 6.42 Å². The summed E-state index contributed by atoms with van der Waals surface area (Å²) >= 11 is 0. The molecule has 0 saturated heterocycles. The lowest BCUT2D eigenvalue weighted by molar-refractivity contribution is 0.0821. The quantitative estimate of drug-likeness (QED) is 0.603. The Morgan fingerprint density at radius 2 is 1.75 bits per heavy atom. The summed E-state index contributed by atoms with van der Waals surface area (Å²) in [6.45, 7) is 2.25. The second-order valence-corrected chi connectivity index (χ2v) is 6.32. The second-order valence-electron chi connectivity index (χ2n) is 6.32. The number of nitrogens with zero attached hydrogens (tertiary/aromatic N) is 4. The minimum atomic E-state index is -0.824. The maximum Gasteiger partial charge on any atom is 0.203 e. The summed E-state index contributed by atoms with van der Waals surface area (Å²) < 4.78 is 16.3. The number of benzene rings is 2. The summed E-state index contributed by atoms with van der Waals surface area (Å²) in [5.41, 5.74) is 2.33. The van der Waals surface area contributed by atoms with Crippen LogP contribution in [0.5, 0.6) is 17.2 Å². The first-order valence-corrected chi connectivity index (χ1v) is 8.93. The highest BCUT2D eigenvalue weighted by Gasteiger charge is 2.15. The standard InChI is InChI=1S/C20H24N4O4/c1-14-7-4-5-8-15(14)11-19-21-23-24(22-19)12-16(25)13-28-20-17(26-2)9-6-10-18(20)27-3/h4-10,16,25H,11-13H2,1-3H3/t16-/m1/s1. The molecule has 0 aliphatic rings. The Balaban J connectivity index is 1.58. The Labute approximate surface area is 163 Å². The number of aliphatic hydroxyl groups excluding tert-OH is 1. The average molecular weight is 384 g/mol. The van der Waals surface area contributed by atoms with E-state index < -0.39 is 6.10 Å². The number of tetrazole rings is 1. The molecule has 3 aromatic rings. The van der Waals surface area contributed by atoms with Crippen molar-refractivity contribution >= 4 is 0 Å². The van der Waals surface area contributed by atoms with Gasteiger partial charge in [0.25, 0.3) is 0 Å². The third-order valence-corrected chi connectivity index (χ3v) is 4.28. The van der Waals surface area contributed by atoms with E-state index in [9.17, 15) is 5.11 Å². The topological polar surface area (TPSA) is 91.5 Å². The van der Waals surface area contributed by atoms with Crippen LogP contribution in [0.25, 0.3) is 0 Å². The molecule has 1 aromatic heterocycles. The Morgan fingerprint density at radius 3 is 2.43 bits per heavy atom. The fraction of sp³-hybridized carbons (Fsp3) is 0.350. The van der Waals surface area contributed by atoms with Crippen LogP contribution in [0.4, 0.5) is 0 Å². The summed E-state index contributed by atoms with van der Waals surface area (Å²) in [5.74, 6) is 2.11. The lowest BCUT2D eigenvalue weighted by Crippen LogP contribution is -2.25. The largest absolute Gasteiger partial charge is 0.493 e. The van der Waals surface area contributed by atoms with Gasteiger partial charge in [0.15, 0.2) is 17.3 Å². The van der Waals surface area contributed by atoms with E-state index in [1.165, 1.54) is 10.4 Å². The Hall–Kier alpha value is -3.13. The molecule has 0 aliphatic heterocycles. The van der Waals surface area contributed by atoms with Crippen LogP contribution >= 0.6 is 0 Å². The van der Waals surface area contributed by atoms with Gasteiger partial charge in [0.1, 0.15) is 12.7 Å². The van der Waals surface area contributed by atoms with Gasteiger partial charge in [-0.2, -0.15) is 4.80 Å². The van der Waals surface area contributed by atoms with Crippen LogP contribution in [0.3, 0.4) is 0 Å². The summed E-state index contributed by atoms with van der Waals surface area (Å²) in [5, 5.41) is 22.7. The van der Waals surface area contributed by atoms with Crippen LogP contribution in [0.15, 0.2) is 42.5 Å². The minimum absolute atomic E-state index is 0.0331. The summed E-state index contributed by atoms with van der Waals surface area (Å²) in [7, 11) is 3.10. The zero-order chi connectivity index (χ0) is 19.9. The first kappa shape index (κ1) is 19.6. The minimum Gasteiger partial charge on any atom is -0.493 e. The molecule has 0 aliphatic carbocycles. The molecule has 8 heteroatoms. The molecular formula is C20H24N4O4. The number of aliphatic hydroxyl groups is 1. The lowest BCUT2D eigenvalue weighted by atomic mass is 10.1. The molecule has 1 heterocycles. The lowest BCUT2D eigenvalue weighted by Gasteiger charge is -2.16. The predicted octanol–water partition coefficient (Wildman–Crippen LogP) is 2.03. The van der Waals surface area contributed by atoms with Crippen LogP contribution < -0.4 is 14.2 Å². The molecule has 0 radical (unpaired) electrons. The van der Waals surface area contributed by atoms with Crippen molar-refractivity contribution in [2.24, 2.45) is 0 Å². The Bertz CT molecular complexity index is 890. The van der Waals surface area contributed by atoms with Gasteiger partial charge < -0.3 is 19.3 Å². The van der Waals surface area contributed by atoms with Crippen LogP contribution in [0.1, 0.15) is 17.0 Å². The number of methoxy groups -OCH3 is 2. The van der Waals surface area contributed by atoms with Crippen LogP contribution in [0.2, 0.25) is 0 Å². The highest BCUT2D eigenvalue weighted by molar-refractivity contribution is 5.51. The third kappa shape index (κ3) is 4.77. The van der Waals surface area contributed by atoms with Gasteiger partial charge in [-0.25, -0.2) is 0 Å². The molecule has 148 valence electrons. The van der Waals surface area contributed by atoms with Crippen molar-refractivity contribution in [3.05, 3.63) is 59.4 Å². The normalized spacial score (nSPS) is 11.9. The molecule has 0 bridgehead atoms. The third-order valence-electron chi connectivity index (χ3n) is 4.28. The number of para-hydroxylation sites is 1. The molecule has 0 saturated carbocycles. The van der Waals surface area contributed by atoms with Gasteiger partial charge in [-0.05, 0) is 35.4 Å². The highest BCUT2D eigenvalue weighted by atomic mass is 16.5. The number of hydrogen-bond donors (Lipinski definition) is 1. The molecule has 0 spiro atoms. The van der Waals surface area contributed by atoms with Gasteiger partial charge >= 0.3 is 0 Å². The molecular weight excluding hydrogens is 360 g/mol. The maximum atomic E-state index is 10.3. The van der Waals surface area contributed by atoms with Crippen molar-refractivity contribution in [2.75, 3.05) is 20.8 Å². The van der Waals surface area contributed by atoms with Crippen molar-refractivity contribution in [1.82, 2.24) is 20.2 Å². The number of aromatic nitrogens is 4. The maximum absolute atomic E-state index is 10.3. The molecule has 3 rings (SSSR count). The van der Waals surface area contributed by atoms with Crippen LogP contribution in [-0.2, 0) is 13.0 Å². The fourth-order valence-electron chi connectivity index (χ4n) is 2.78. The van der Waals surface area contributed by atoms with Crippen molar-refractivity contribution in [1.29, 1.82) is 0 Å². The smallest absolute Gasteiger partial charge is 0.203 e. The van der Waals surface area contributed by atoms with Crippen LogP contribution in [0, 0.1) is 6.92 Å². The molecule has 0 amide bonds. The fourth-order valence-corrected chi connectivity index (χ4v) is 2.78. The van der Waals surface area contributed by atoms with E-state index >= 15 is 0 Å². The number of rotatable bonds is 9. The predicted molar refractivity (Wildman–Crippen MR) is 103 cm³/mol. The summed E-state index contributed by atoms with van der Waals surface area (Å²) in [6, 6.07) is 13.4. The van der Waals surface area contributed by atoms with Gasteiger partial charge in [0.2, 0.25) is 5.75 Å². The average Bonchev–Trinajstić information content (AvgIpc) is 3.14. The number of aryl methyl sites for hydroxylation is 1. The summed E-state index contributed by atoms with van der Waals surface area (Å²) in [6.07, 6.45) is -0.229. The second kappa shape index (κ2) is 9.18. The van der Waals surface area contributed by atoms with E-state index in [0.717, 1.165) is 5.56 Å². The van der Waals surface area contributed by atoms with Crippen molar-refractivity contribution in [3.63, 3.8) is 0 Å².